The third-order valence-electron chi connectivity index (χ3n) is 4.33. The number of pyridine rings is 1. The fraction of sp³-hybridized carbons (Fsp3) is 0.217. The van der Waals surface area contributed by atoms with Gasteiger partial charge in [0.25, 0.3) is 0 Å². The predicted octanol–water partition coefficient (Wildman–Crippen LogP) is 4.68. The summed E-state index contributed by atoms with van der Waals surface area (Å²) in [5, 5.41) is 17.3. The van der Waals surface area contributed by atoms with Crippen LogP contribution >= 0.6 is 0 Å². The van der Waals surface area contributed by atoms with Crippen LogP contribution in [0.5, 0.6) is 17.2 Å². The third kappa shape index (κ3) is 6.56. The normalized spacial score (nSPS) is 12.5. The molecule has 2 N–H and O–H groups in total. The first-order valence-electron chi connectivity index (χ1n) is 9.48. The lowest BCUT2D eigenvalue weighted by atomic mass is 10.2. The first kappa shape index (κ1) is 21.3. The average Bonchev–Trinajstić information content (AvgIpc) is 3.58. The first-order valence-corrected chi connectivity index (χ1v) is 9.48. The van der Waals surface area contributed by atoms with Crippen molar-refractivity contribution in [2.45, 2.75) is 19.4 Å². The van der Waals surface area contributed by atoms with Gasteiger partial charge >= 0.3 is 5.97 Å². The Labute approximate surface area is 173 Å². The zero-order valence-electron chi connectivity index (χ0n) is 16.2. The summed E-state index contributed by atoms with van der Waals surface area (Å²) in [4.78, 5) is 13.8. The molecule has 0 atom stereocenters. The number of aliphatic hydroxyl groups is 1. The van der Waals surface area contributed by atoms with E-state index in [9.17, 15) is 9.18 Å². The maximum atomic E-state index is 13.6. The number of ether oxygens (including phenoxy) is 2. The highest BCUT2D eigenvalue weighted by atomic mass is 19.1. The number of carboxylic acids is 1. The predicted molar refractivity (Wildman–Crippen MR) is 108 cm³/mol. The summed E-state index contributed by atoms with van der Waals surface area (Å²) in [6.45, 7) is 0.417. The third-order valence-corrected chi connectivity index (χ3v) is 4.33. The molecule has 30 heavy (non-hydrogen) atoms. The number of hydrogen-bond acceptors (Lipinski definition) is 5. The lowest BCUT2D eigenvalue weighted by Gasteiger charge is -2.10. The second-order valence-corrected chi connectivity index (χ2v) is 6.79. The number of rotatable bonds is 7. The Kier molecular flexibility index (Phi) is 7.34. The molecule has 0 saturated heterocycles. The van der Waals surface area contributed by atoms with E-state index < -0.39 is 11.8 Å². The number of aromatic nitrogens is 1. The lowest BCUT2D eigenvalue weighted by Crippen LogP contribution is -1.98. The minimum absolute atomic E-state index is 0.220. The van der Waals surface area contributed by atoms with Crippen LogP contribution in [0.2, 0.25) is 0 Å². The molecule has 1 heterocycles. The second kappa shape index (κ2) is 10.4. The van der Waals surface area contributed by atoms with Gasteiger partial charge in [0, 0.05) is 30.1 Å². The van der Waals surface area contributed by atoms with Crippen LogP contribution in [-0.4, -0.2) is 27.8 Å². The molecular weight excluding hydrogens is 389 g/mol. The van der Waals surface area contributed by atoms with Crippen LogP contribution in [0.1, 0.15) is 28.8 Å². The summed E-state index contributed by atoms with van der Waals surface area (Å²) < 4.78 is 24.9. The van der Waals surface area contributed by atoms with E-state index in [1.54, 1.807) is 24.3 Å². The molecule has 0 unspecified atom stereocenters. The summed E-state index contributed by atoms with van der Waals surface area (Å²) in [7, 11) is 0. The number of nitrogens with zero attached hydrogens (tertiary/aromatic N) is 1. The van der Waals surface area contributed by atoms with E-state index in [0.29, 0.717) is 17.4 Å². The van der Waals surface area contributed by atoms with Crippen LogP contribution in [0.25, 0.3) is 0 Å². The highest BCUT2D eigenvalue weighted by Gasteiger charge is 2.21. The fourth-order valence-corrected chi connectivity index (χ4v) is 2.47. The molecule has 0 spiro atoms. The molecule has 1 saturated carbocycles. The summed E-state index contributed by atoms with van der Waals surface area (Å²) in [6.07, 6.45) is 5.33. The van der Waals surface area contributed by atoms with E-state index in [1.807, 2.05) is 12.1 Å². The van der Waals surface area contributed by atoms with E-state index in [-0.39, 0.29) is 17.7 Å². The van der Waals surface area contributed by atoms with Crippen LogP contribution < -0.4 is 9.47 Å². The van der Waals surface area contributed by atoms with Crippen molar-refractivity contribution in [1.29, 1.82) is 0 Å². The van der Waals surface area contributed by atoms with Gasteiger partial charge < -0.3 is 19.7 Å². The van der Waals surface area contributed by atoms with Crippen molar-refractivity contribution in [1.82, 2.24) is 4.98 Å². The van der Waals surface area contributed by atoms with Crippen molar-refractivity contribution >= 4 is 5.97 Å². The Balaban J connectivity index is 0.000000239. The Morgan fingerprint density at radius 3 is 2.43 bits per heavy atom. The summed E-state index contributed by atoms with van der Waals surface area (Å²) in [5.41, 5.74) is 0.473. The van der Waals surface area contributed by atoms with E-state index in [1.165, 1.54) is 43.4 Å². The molecule has 1 fully saturated rings. The smallest absolute Gasteiger partial charge is 0.337 e. The van der Waals surface area contributed by atoms with Crippen LogP contribution in [0, 0.1) is 11.7 Å². The standard InChI is InChI=1S/C17H17FO3.C6H5NO2/c18-17-9-16(7-6-13(17)10-19)21-15-3-1-2-14(8-15)20-11-12-4-5-12;8-6(9)5-2-1-3-7-4-5/h1-3,6-9,12,19H,4-5,10-11H2;1-4H,(H,8,9). The van der Waals surface area contributed by atoms with Gasteiger partial charge in [0.2, 0.25) is 0 Å². The summed E-state index contributed by atoms with van der Waals surface area (Å²) >= 11 is 0. The zero-order chi connectivity index (χ0) is 21.3. The summed E-state index contributed by atoms with van der Waals surface area (Å²) in [6, 6.07) is 14.8. The van der Waals surface area contributed by atoms with Gasteiger partial charge in [-0.25, -0.2) is 9.18 Å². The molecule has 156 valence electrons. The number of aromatic carboxylic acids is 1. The molecule has 7 heteroatoms. The van der Waals surface area contributed by atoms with Crippen LogP contribution in [0.15, 0.2) is 67.0 Å². The maximum absolute atomic E-state index is 13.6. The molecular formula is C23H22FNO5. The number of carbonyl (C=O) groups is 1. The average molecular weight is 411 g/mol. The van der Waals surface area contributed by atoms with Gasteiger partial charge in [0.1, 0.15) is 23.1 Å². The Morgan fingerprint density at radius 1 is 1.07 bits per heavy atom. The molecule has 1 aliphatic carbocycles. The van der Waals surface area contributed by atoms with Gasteiger partial charge in [-0.15, -0.1) is 0 Å². The second-order valence-electron chi connectivity index (χ2n) is 6.79. The highest BCUT2D eigenvalue weighted by Crippen LogP contribution is 2.31. The van der Waals surface area contributed by atoms with Crippen LogP contribution in [0.3, 0.4) is 0 Å². The number of halogens is 1. The molecule has 4 rings (SSSR count). The minimum atomic E-state index is -0.942. The summed E-state index contributed by atoms with van der Waals surface area (Å²) in [5.74, 6) is 1.02. The van der Waals surface area contributed by atoms with E-state index >= 15 is 0 Å². The SMILES string of the molecule is O=C(O)c1cccnc1.OCc1ccc(Oc2cccc(OCC3CC3)c2)cc1F. The molecule has 0 radical (unpaired) electrons. The van der Waals surface area contributed by atoms with Crippen molar-refractivity contribution in [2.75, 3.05) is 6.61 Å². The van der Waals surface area contributed by atoms with E-state index in [0.717, 1.165) is 12.4 Å². The van der Waals surface area contributed by atoms with Gasteiger partial charge in [-0.05, 0) is 49.1 Å². The van der Waals surface area contributed by atoms with Crippen molar-refractivity contribution in [3.8, 4) is 17.2 Å². The van der Waals surface area contributed by atoms with E-state index in [4.69, 9.17) is 19.7 Å². The van der Waals surface area contributed by atoms with E-state index in [2.05, 4.69) is 4.98 Å². The highest BCUT2D eigenvalue weighted by molar-refractivity contribution is 5.86. The fourth-order valence-electron chi connectivity index (χ4n) is 2.47. The number of aliphatic hydroxyl groups excluding tert-OH is 1. The van der Waals surface area contributed by atoms with Crippen molar-refractivity contribution in [3.63, 3.8) is 0 Å². The van der Waals surface area contributed by atoms with Crippen LogP contribution in [0.4, 0.5) is 4.39 Å². The topological polar surface area (TPSA) is 88.9 Å². The number of benzene rings is 2. The molecule has 1 aliphatic rings. The molecule has 3 aromatic rings. The Morgan fingerprint density at radius 2 is 1.83 bits per heavy atom. The van der Waals surface area contributed by atoms with Crippen molar-refractivity contribution in [3.05, 3.63) is 83.9 Å². The zero-order valence-corrected chi connectivity index (χ0v) is 16.2. The van der Waals surface area contributed by atoms with Gasteiger partial charge in [-0.1, -0.05) is 12.1 Å². The number of carboxylic acid groups (broad SMARTS) is 1. The Bertz CT molecular complexity index is 976. The van der Waals surface area contributed by atoms with Gasteiger partial charge in [-0.2, -0.15) is 0 Å². The first-order chi connectivity index (χ1) is 14.5. The molecule has 0 aliphatic heterocycles. The van der Waals surface area contributed by atoms with Crippen LogP contribution in [-0.2, 0) is 6.61 Å². The molecule has 6 nitrogen and oxygen atoms in total. The quantitative estimate of drug-likeness (QED) is 0.587. The molecule has 0 amide bonds. The number of hydrogen-bond donors (Lipinski definition) is 2. The van der Waals surface area contributed by atoms with Crippen molar-refractivity contribution < 1.29 is 28.9 Å². The molecule has 0 bridgehead atoms. The van der Waals surface area contributed by atoms with Crippen molar-refractivity contribution in [2.24, 2.45) is 5.92 Å². The van der Waals surface area contributed by atoms with Gasteiger partial charge in [-0.3, -0.25) is 4.98 Å². The lowest BCUT2D eigenvalue weighted by molar-refractivity contribution is 0.0696. The molecule has 1 aromatic heterocycles. The minimum Gasteiger partial charge on any atom is -0.493 e. The monoisotopic (exact) mass is 411 g/mol. The maximum Gasteiger partial charge on any atom is 0.337 e. The largest absolute Gasteiger partial charge is 0.493 e. The van der Waals surface area contributed by atoms with Gasteiger partial charge in [0.15, 0.2) is 0 Å². The molecule has 2 aromatic carbocycles. The van der Waals surface area contributed by atoms with Gasteiger partial charge in [0.05, 0.1) is 18.8 Å². The Hall–Kier alpha value is -3.45.